The number of carbonyl (C=O) groups excluding carboxylic acids is 1. The highest BCUT2D eigenvalue weighted by Gasteiger charge is 2.13. The Morgan fingerprint density at radius 2 is 1.80 bits per heavy atom. The van der Waals surface area contributed by atoms with E-state index in [2.05, 4.69) is 22.6 Å². The van der Waals surface area contributed by atoms with Crippen LogP contribution in [0.25, 0.3) is 0 Å². The molecule has 106 valence electrons. The van der Waals surface area contributed by atoms with E-state index in [1.807, 2.05) is 27.7 Å². The summed E-state index contributed by atoms with van der Waals surface area (Å²) in [7, 11) is 1.35. The van der Waals surface area contributed by atoms with Crippen LogP contribution in [-0.2, 0) is 4.74 Å². The zero-order valence-electron chi connectivity index (χ0n) is 12.8. The first-order chi connectivity index (χ1) is 9.48. The monoisotopic (exact) mass is 271 g/mol. The van der Waals surface area contributed by atoms with Gasteiger partial charge >= 0.3 is 5.97 Å². The van der Waals surface area contributed by atoms with Gasteiger partial charge in [-0.1, -0.05) is 25.7 Å². The molecule has 0 saturated heterocycles. The number of carbonyl (C=O) groups is 1. The van der Waals surface area contributed by atoms with E-state index in [1.165, 1.54) is 7.11 Å². The van der Waals surface area contributed by atoms with Gasteiger partial charge in [-0.05, 0) is 38.1 Å². The minimum atomic E-state index is -0.362. The molecule has 0 aliphatic heterocycles. The Balaban J connectivity index is 0.00000172. The van der Waals surface area contributed by atoms with Gasteiger partial charge < -0.3 is 4.74 Å². The van der Waals surface area contributed by atoms with Gasteiger partial charge in [-0.3, -0.25) is 0 Å². The van der Waals surface area contributed by atoms with Crippen LogP contribution in [0.1, 0.15) is 50.0 Å². The van der Waals surface area contributed by atoms with E-state index < -0.39 is 0 Å². The molecule has 0 atom stereocenters. The van der Waals surface area contributed by atoms with Gasteiger partial charge in [-0.2, -0.15) is 5.26 Å². The van der Waals surface area contributed by atoms with Gasteiger partial charge in [-0.25, -0.2) is 4.79 Å². The maximum Gasteiger partial charge on any atom is 0.337 e. The first-order valence-electron chi connectivity index (χ1n) is 6.57. The Kier molecular flexibility index (Phi) is 7.78. The third kappa shape index (κ3) is 6.07. The second-order valence-electron chi connectivity index (χ2n) is 4.54. The molecule has 1 aromatic carbocycles. The summed E-state index contributed by atoms with van der Waals surface area (Å²) in [6.45, 7) is 7.85. The molecule has 0 bridgehead atoms. The van der Waals surface area contributed by atoms with E-state index in [4.69, 9.17) is 5.26 Å². The van der Waals surface area contributed by atoms with Gasteiger partial charge in [0.25, 0.3) is 0 Å². The number of ether oxygens (including phenoxy) is 1. The van der Waals surface area contributed by atoms with Crippen molar-refractivity contribution in [3.8, 4) is 17.9 Å². The van der Waals surface area contributed by atoms with Gasteiger partial charge in [0.2, 0.25) is 0 Å². The zero-order chi connectivity index (χ0) is 15.6. The Hall–Kier alpha value is -2.26. The van der Waals surface area contributed by atoms with Crippen molar-refractivity contribution in [2.45, 2.75) is 34.1 Å². The number of benzene rings is 1. The molecule has 0 aliphatic rings. The molecule has 0 radical (unpaired) electrons. The third-order valence-electron chi connectivity index (χ3n) is 2.37. The molecule has 0 aromatic heterocycles. The minimum absolute atomic E-state index is 0.324. The van der Waals surface area contributed by atoms with Gasteiger partial charge in [0.15, 0.2) is 0 Å². The normalized spacial score (nSPS) is 9.20. The molecule has 0 fully saturated rings. The fraction of sp³-hybridized carbons (Fsp3) is 0.412. The molecule has 0 heterocycles. The minimum Gasteiger partial charge on any atom is -0.465 e. The Bertz CT molecular complexity index is 525. The molecule has 0 N–H and O–H groups in total. The third-order valence-corrected chi connectivity index (χ3v) is 2.37. The molecule has 0 amide bonds. The maximum atomic E-state index is 11.2. The van der Waals surface area contributed by atoms with Crippen LogP contribution in [0, 0.1) is 28.6 Å². The van der Waals surface area contributed by atoms with E-state index >= 15 is 0 Å². The number of rotatable bonds is 2. The van der Waals surface area contributed by atoms with Crippen molar-refractivity contribution in [3.63, 3.8) is 0 Å². The van der Waals surface area contributed by atoms with Crippen molar-refractivity contribution in [2.75, 3.05) is 7.11 Å². The molecule has 20 heavy (non-hydrogen) atoms. The number of hydrogen-bond donors (Lipinski definition) is 0. The van der Waals surface area contributed by atoms with Crippen molar-refractivity contribution in [2.24, 2.45) is 5.41 Å². The lowest BCUT2D eigenvalue weighted by atomic mass is 9.90. The smallest absolute Gasteiger partial charge is 0.337 e. The fourth-order valence-corrected chi connectivity index (χ4v) is 1.29. The summed E-state index contributed by atoms with van der Waals surface area (Å²) >= 11 is 0. The molecule has 0 unspecified atom stereocenters. The molecule has 0 saturated carbocycles. The molecule has 3 heteroatoms. The SMILES string of the molecule is CC.COC(=O)c1ccc(C#CC(C)(C)CC#N)cc1. The lowest BCUT2D eigenvalue weighted by molar-refractivity contribution is 0.0600. The van der Waals surface area contributed by atoms with Crippen LogP contribution in [0.5, 0.6) is 0 Å². The summed E-state index contributed by atoms with van der Waals surface area (Å²) in [5, 5.41) is 8.65. The Morgan fingerprint density at radius 3 is 2.25 bits per heavy atom. The summed E-state index contributed by atoms with van der Waals surface area (Å²) in [4.78, 5) is 11.2. The average Bonchev–Trinajstić information content (AvgIpc) is 2.47. The zero-order valence-corrected chi connectivity index (χ0v) is 12.8. The molecular weight excluding hydrogens is 250 g/mol. The predicted octanol–water partition coefficient (Wildman–Crippen LogP) is 3.79. The van der Waals surface area contributed by atoms with E-state index in [1.54, 1.807) is 24.3 Å². The second-order valence-corrected chi connectivity index (χ2v) is 4.54. The van der Waals surface area contributed by atoms with Crippen LogP contribution >= 0.6 is 0 Å². The quantitative estimate of drug-likeness (QED) is 0.607. The largest absolute Gasteiger partial charge is 0.465 e. The maximum absolute atomic E-state index is 11.2. The van der Waals surface area contributed by atoms with E-state index in [9.17, 15) is 4.79 Å². The summed E-state index contributed by atoms with van der Waals surface area (Å²) in [5.41, 5.74) is 0.989. The number of hydrogen-bond acceptors (Lipinski definition) is 3. The van der Waals surface area contributed by atoms with Gasteiger partial charge in [-0.15, -0.1) is 0 Å². The van der Waals surface area contributed by atoms with E-state index in [-0.39, 0.29) is 11.4 Å². The lowest BCUT2D eigenvalue weighted by Crippen LogP contribution is -2.06. The van der Waals surface area contributed by atoms with Crippen LogP contribution < -0.4 is 0 Å². The van der Waals surface area contributed by atoms with E-state index in [0.29, 0.717) is 12.0 Å². The summed E-state index contributed by atoms with van der Waals surface area (Å²) < 4.78 is 4.61. The van der Waals surface area contributed by atoms with Crippen molar-refractivity contribution in [1.82, 2.24) is 0 Å². The number of nitrogens with zero attached hydrogens (tertiary/aromatic N) is 1. The number of methoxy groups -OCH3 is 1. The summed E-state index contributed by atoms with van der Waals surface area (Å²) in [6.07, 6.45) is 0.389. The summed E-state index contributed by atoms with van der Waals surface area (Å²) in [5.74, 6) is 5.69. The molecule has 0 aliphatic carbocycles. The van der Waals surface area contributed by atoms with Crippen molar-refractivity contribution in [1.29, 1.82) is 5.26 Å². The van der Waals surface area contributed by atoms with E-state index in [0.717, 1.165) is 5.56 Å². The van der Waals surface area contributed by atoms with Crippen LogP contribution in [-0.4, -0.2) is 13.1 Å². The second kappa shape index (κ2) is 8.77. The molecule has 0 spiro atoms. The molecule has 1 aromatic rings. The highest BCUT2D eigenvalue weighted by atomic mass is 16.5. The molecule has 1 rings (SSSR count). The van der Waals surface area contributed by atoms with Gasteiger partial charge in [0.05, 0.1) is 25.2 Å². The Labute approximate surface area is 121 Å². The number of nitriles is 1. The first kappa shape index (κ1) is 17.7. The van der Waals surface area contributed by atoms with Gasteiger partial charge in [0, 0.05) is 11.0 Å². The first-order valence-corrected chi connectivity index (χ1v) is 6.57. The highest BCUT2D eigenvalue weighted by molar-refractivity contribution is 5.89. The molecule has 3 nitrogen and oxygen atoms in total. The topological polar surface area (TPSA) is 50.1 Å². The standard InChI is InChI=1S/C15H15NO2.C2H6/c1-15(2,10-11-16)9-8-12-4-6-13(7-5-12)14(17)18-3;1-2/h4-7H,10H2,1-3H3;1-2H3. The van der Waals surface area contributed by atoms with Crippen molar-refractivity contribution < 1.29 is 9.53 Å². The van der Waals surface area contributed by atoms with Crippen molar-refractivity contribution in [3.05, 3.63) is 35.4 Å². The van der Waals surface area contributed by atoms with Crippen LogP contribution in [0.4, 0.5) is 0 Å². The average molecular weight is 271 g/mol. The van der Waals surface area contributed by atoms with Crippen molar-refractivity contribution >= 4 is 5.97 Å². The van der Waals surface area contributed by atoms with Gasteiger partial charge in [0.1, 0.15) is 0 Å². The fourth-order valence-electron chi connectivity index (χ4n) is 1.29. The number of esters is 1. The van der Waals surface area contributed by atoms with Crippen LogP contribution in [0.2, 0.25) is 0 Å². The highest BCUT2D eigenvalue weighted by Crippen LogP contribution is 2.18. The predicted molar refractivity (Wildman–Crippen MR) is 80.0 cm³/mol. The molecular formula is C17H21NO2. The lowest BCUT2D eigenvalue weighted by Gasteiger charge is -2.11. The van der Waals surface area contributed by atoms with Crippen LogP contribution in [0.15, 0.2) is 24.3 Å². The Morgan fingerprint density at radius 1 is 1.25 bits per heavy atom. The summed E-state index contributed by atoms with van der Waals surface area (Å²) in [6, 6.07) is 8.99. The van der Waals surface area contributed by atoms with Crippen LogP contribution in [0.3, 0.4) is 0 Å².